The summed E-state index contributed by atoms with van der Waals surface area (Å²) in [5.41, 5.74) is 16.3. The number of carbonyl (C=O) groups excluding carboxylic acids is 4. The first-order chi connectivity index (χ1) is 22.9. The lowest BCUT2D eigenvalue weighted by Crippen LogP contribution is -2.59. The van der Waals surface area contributed by atoms with E-state index in [-0.39, 0.29) is 69.3 Å². The van der Waals surface area contributed by atoms with E-state index < -0.39 is 42.6 Å². The van der Waals surface area contributed by atoms with Crippen molar-refractivity contribution in [1.82, 2.24) is 10.2 Å². The van der Waals surface area contributed by atoms with Crippen LogP contribution in [0.3, 0.4) is 0 Å². The third-order valence-electron chi connectivity index (χ3n) is 7.05. The number of rotatable bonds is 21. The predicted octanol–water partition coefficient (Wildman–Crippen LogP) is 3.38. The van der Waals surface area contributed by atoms with Crippen LogP contribution in [0.5, 0.6) is 0 Å². The summed E-state index contributed by atoms with van der Waals surface area (Å²) in [5.74, 6) is -2.27. The van der Waals surface area contributed by atoms with Gasteiger partial charge in [-0.05, 0) is 49.3 Å². The van der Waals surface area contributed by atoms with Crippen LogP contribution < -0.4 is 22.5 Å². The van der Waals surface area contributed by atoms with Crippen LogP contribution in [0.15, 0.2) is 75.9 Å². The molecule has 0 spiro atoms. The zero-order valence-electron chi connectivity index (χ0n) is 28.6. The molecule has 2 rings (SSSR count). The second kappa shape index (κ2) is 20.5. The predicted molar refractivity (Wildman–Crippen MR) is 181 cm³/mol. The molecule has 3 atom stereocenters. The summed E-state index contributed by atoms with van der Waals surface area (Å²) in [6, 6.07) is 17.0. The molecule has 47 heavy (non-hydrogen) atoms. The Morgan fingerprint density at radius 1 is 1.02 bits per heavy atom. The summed E-state index contributed by atoms with van der Waals surface area (Å²) in [5, 5.41) is 11.4. The molecule has 1 unspecified atom stereocenters. The zero-order chi connectivity index (χ0) is 35.5. The molecule has 0 radical (unpaired) electrons. The Morgan fingerprint density at radius 2 is 1.68 bits per heavy atom. The van der Waals surface area contributed by atoms with Crippen LogP contribution in [0, 0.1) is 5.92 Å². The SMILES string of the molecule is [2H]C(CC)OC(=O)[C@@](CCCN=C(N)N)(N=Nc1ccccc1)N(CCCC(=O)Cc1ccccc1)C(=O)CNC(=O)[C@@H](N)CC(C)C. The van der Waals surface area contributed by atoms with Crippen LogP contribution in [-0.2, 0) is 30.3 Å². The number of ketones is 1. The molecule has 0 heterocycles. The van der Waals surface area contributed by atoms with Gasteiger partial charge in [0.25, 0.3) is 5.66 Å². The second-order valence-electron chi connectivity index (χ2n) is 11.5. The lowest BCUT2D eigenvalue weighted by atomic mass is 10.00. The van der Waals surface area contributed by atoms with Crippen molar-refractivity contribution >= 4 is 35.2 Å². The number of ether oxygens (including phenoxy) is 1. The topological polar surface area (TPSA) is 208 Å². The Hall–Kier alpha value is -4.65. The van der Waals surface area contributed by atoms with Gasteiger partial charge in [0, 0.05) is 32.4 Å². The molecule has 2 amide bonds. The van der Waals surface area contributed by atoms with E-state index in [1.165, 1.54) is 4.90 Å². The van der Waals surface area contributed by atoms with Gasteiger partial charge >= 0.3 is 5.97 Å². The van der Waals surface area contributed by atoms with E-state index in [2.05, 4.69) is 20.5 Å². The number of benzene rings is 2. The van der Waals surface area contributed by atoms with E-state index in [0.29, 0.717) is 12.1 Å². The lowest BCUT2D eigenvalue weighted by Gasteiger charge is -2.38. The Kier molecular flexibility index (Phi) is 16.0. The molecule has 13 nitrogen and oxygen atoms in total. The minimum absolute atomic E-state index is 0.0642. The number of nitrogens with one attached hydrogen (secondary N) is 1. The molecule has 0 bridgehead atoms. The summed E-state index contributed by atoms with van der Waals surface area (Å²) >= 11 is 0. The third kappa shape index (κ3) is 13.7. The first kappa shape index (κ1) is 36.8. The fourth-order valence-electron chi connectivity index (χ4n) is 4.78. The summed E-state index contributed by atoms with van der Waals surface area (Å²) in [7, 11) is 0. The van der Waals surface area contributed by atoms with Gasteiger partial charge in [0.05, 0.1) is 26.2 Å². The normalized spacial score (nSPS) is 14.0. The molecule has 0 aliphatic rings. The zero-order valence-corrected chi connectivity index (χ0v) is 27.6. The Morgan fingerprint density at radius 3 is 2.30 bits per heavy atom. The molecule has 0 saturated heterocycles. The van der Waals surface area contributed by atoms with Crippen LogP contribution in [0.4, 0.5) is 5.69 Å². The summed E-state index contributed by atoms with van der Waals surface area (Å²) in [4.78, 5) is 59.1. The molecule has 2 aromatic carbocycles. The molecule has 7 N–H and O–H groups in total. The summed E-state index contributed by atoms with van der Waals surface area (Å²) in [6.07, 6.45) is 1.07. The van der Waals surface area contributed by atoms with Gasteiger partial charge in [0.1, 0.15) is 5.78 Å². The number of guanidine groups is 1. The second-order valence-corrected chi connectivity index (χ2v) is 11.5. The highest BCUT2D eigenvalue weighted by Crippen LogP contribution is 2.30. The van der Waals surface area contributed by atoms with E-state index in [1.807, 2.05) is 44.2 Å². The van der Waals surface area contributed by atoms with Crippen molar-refractivity contribution in [3.05, 3.63) is 66.2 Å². The first-order valence-corrected chi connectivity index (χ1v) is 15.9. The van der Waals surface area contributed by atoms with E-state index in [0.717, 1.165) is 5.56 Å². The standard InChI is InChI=1S/C34H50N8O5/c1-4-21-47-32(46)34(18-12-19-38-33(36)37,41-40-27-15-9-6-10-16-27)42(30(44)24-39-31(45)29(35)22-25(2)3)20-11-17-28(43)23-26-13-7-5-8-14-26/h5-10,13-16,25,29H,4,11-12,17-24,35H2,1-3H3,(H,39,45)(H4,36,37,38)/t29-,34-/m0/s1/i21D/t21?,29-,34-. The largest absolute Gasteiger partial charge is 0.462 e. The van der Waals surface area contributed by atoms with Crippen molar-refractivity contribution in [3.8, 4) is 0 Å². The van der Waals surface area contributed by atoms with E-state index >= 15 is 0 Å². The average molecular weight is 652 g/mol. The van der Waals surface area contributed by atoms with Crippen LogP contribution >= 0.6 is 0 Å². The summed E-state index contributed by atoms with van der Waals surface area (Å²) < 4.78 is 13.7. The van der Waals surface area contributed by atoms with Gasteiger partial charge in [-0.3, -0.25) is 19.4 Å². The van der Waals surface area contributed by atoms with Gasteiger partial charge in [-0.1, -0.05) is 69.3 Å². The van der Waals surface area contributed by atoms with Crippen LogP contribution in [0.2, 0.25) is 0 Å². The Bertz CT molecular complexity index is 1370. The minimum atomic E-state index is -2.09. The van der Waals surface area contributed by atoms with Crippen molar-refractivity contribution in [2.75, 3.05) is 26.2 Å². The maximum absolute atomic E-state index is 14.1. The molecule has 256 valence electrons. The van der Waals surface area contributed by atoms with Gasteiger partial charge in [0.15, 0.2) is 5.96 Å². The quantitative estimate of drug-likeness (QED) is 0.0516. The molecule has 0 saturated carbocycles. The monoisotopic (exact) mass is 651 g/mol. The third-order valence-corrected chi connectivity index (χ3v) is 7.05. The maximum atomic E-state index is 14.1. The number of nitrogens with zero attached hydrogens (tertiary/aromatic N) is 4. The maximum Gasteiger partial charge on any atom is 0.357 e. The number of hydrogen-bond donors (Lipinski definition) is 4. The molecule has 2 aromatic rings. The molecular weight excluding hydrogens is 600 g/mol. The Balaban J connectivity index is 2.55. The average Bonchev–Trinajstić information content (AvgIpc) is 3.05. The molecular formula is C34H50N8O5. The van der Waals surface area contributed by atoms with Gasteiger partial charge in [0.2, 0.25) is 11.8 Å². The molecule has 0 aliphatic carbocycles. The fraction of sp³-hybridized carbons (Fsp3) is 0.500. The smallest absolute Gasteiger partial charge is 0.357 e. The van der Waals surface area contributed by atoms with Crippen molar-refractivity contribution in [2.45, 2.75) is 77.4 Å². The van der Waals surface area contributed by atoms with E-state index in [4.69, 9.17) is 23.3 Å². The van der Waals surface area contributed by atoms with Gasteiger partial charge in [-0.25, -0.2) is 4.79 Å². The van der Waals surface area contributed by atoms with Crippen LogP contribution in [0.25, 0.3) is 0 Å². The highest BCUT2D eigenvalue weighted by atomic mass is 16.5. The number of hydrogen-bond acceptors (Lipinski definition) is 9. The van der Waals surface area contributed by atoms with E-state index in [9.17, 15) is 19.2 Å². The highest BCUT2D eigenvalue weighted by Gasteiger charge is 2.48. The first-order valence-electron chi connectivity index (χ1n) is 16.5. The number of aliphatic imine (C=N–C) groups is 1. The number of amides is 2. The van der Waals surface area contributed by atoms with Crippen LogP contribution in [-0.4, -0.2) is 72.3 Å². The number of Topliss-reactive ketones (excluding diaryl/α,β-unsaturated/α-hetero) is 1. The highest BCUT2D eigenvalue weighted by molar-refractivity contribution is 5.91. The van der Waals surface area contributed by atoms with Gasteiger partial charge < -0.3 is 32.2 Å². The molecule has 0 aliphatic heterocycles. The van der Waals surface area contributed by atoms with Gasteiger partial charge in [-0.15, -0.1) is 5.11 Å². The minimum Gasteiger partial charge on any atom is -0.462 e. The van der Waals surface area contributed by atoms with Crippen molar-refractivity contribution in [2.24, 2.45) is 38.3 Å². The van der Waals surface area contributed by atoms with Crippen molar-refractivity contribution < 1.29 is 25.3 Å². The molecule has 0 fully saturated rings. The number of esters is 1. The summed E-state index contributed by atoms with van der Waals surface area (Å²) in [6.45, 7) is 3.74. The Labute approximate surface area is 278 Å². The fourth-order valence-corrected chi connectivity index (χ4v) is 4.78. The van der Waals surface area contributed by atoms with Crippen molar-refractivity contribution in [3.63, 3.8) is 0 Å². The number of azo groups is 1. The number of nitrogens with two attached hydrogens (primary N) is 3. The molecule has 13 heteroatoms. The van der Waals surface area contributed by atoms with Crippen LogP contribution in [0.1, 0.15) is 66.2 Å². The van der Waals surface area contributed by atoms with E-state index in [1.54, 1.807) is 37.3 Å². The molecule has 0 aromatic heterocycles. The van der Waals surface area contributed by atoms with Crippen molar-refractivity contribution in [1.29, 1.82) is 0 Å². The lowest BCUT2D eigenvalue weighted by molar-refractivity contribution is -0.165. The number of carbonyl (C=O) groups is 4. The van der Waals surface area contributed by atoms with Gasteiger partial charge in [-0.2, -0.15) is 5.11 Å².